The molecule has 1 aromatic heterocycles. The molecule has 3 nitrogen and oxygen atoms in total. The van der Waals surface area contributed by atoms with Gasteiger partial charge >= 0.3 is 29.6 Å². The van der Waals surface area contributed by atoms with E-state index < -0.39 is 0 Å². The van der Waals surface area contributed by atoms with Crippen molar-refractivity contribution in [3.63, 3.8) is 0 Å². The molecule has 0 bridgehead atoms. The van der Waals surface area contributed by atoms with Gasteiger partial charge in [0.1, 0.15) is 0 Å². The second-order valence-electron chi connectivity index (χ2n) is 2.25. The Morgan fingerprint density at radius 1 is 1.62 bits per heavy atom. The fourth-order valence-corrected chi connectivity index (χ4v) is 0.805. The van der Waals surface area contributed by atoms with Crippen LogP contribution in [0.4, 0.5) is 0 Å². The zero-order valence-corrected chi connectivity index (χ0v) is 9.40. The van der Waals surface area contributed by atoms with Gasteiger partial charge in [0.05, 0.1) is 6.07 Å². The van der Waals surface area contributed by atoms with Gasteiger partial charge < -0.3 is 5.11 Å². The van der Waals surface area contributed by atoms with Gasteiger partial charge in [-0.15, -0.1) is 6.26 Å². The summed E-state index contributed by atoms with van der Waals surface area (Å²) in [6.07, 6.45) is 2.52. The van der Waals surface area contributed by atoms with Gasteiger partial charge in [-0.3, -0.25) is 4.98 Å². The van der Waals surface area contributed by atoms with E-state index in [-0.39, 0.29) is 35.1 Å². The Kier molecular flexibility index (Phi) is 6.25. The number of hydrogen-bond acceptors (Lipinski definition) is 3. The second-order valence-corrected chi connectivity index (χ2v) is 2.25. The molecule has 0 unspecified atom stereocenters. The molecule has 0 saturated carbocycles. The maximum Gasteiger partial charge on any atom is 1.00 e. The van der Waals surface area contributed by atoms with E-state index in [4.69, 9.17) is 5.26 Å². The number of allylic oxidation sites excluding steroid dienone is 1. The van der Waals surface area contributed by atoms with Gasteiger partial charge in [0.15, 0.2) is 0 Å². The first-order valence-electron chi connectivity index (χ1n) is 3.48. The maximum absolute atomic E-state index is 10.3. The van der Waals surface area contributed by atoms with Crippen LogP contribution < -0.4 is 34.7 Å². The Balaban J connectivity index is 0.00000144. The third-order valence-corrected chi connectivity index (χ3v) is 1.38. The first-order valence-corrected chi connectivity index (χ1v) is 3.48. The van der Waals surface area contributed by atoms with Gasteiger partial charge in [-0.25, -0.2) is 0 Å². The number of nitriles is 1. The third-order valence-electron chi connectivity index (χ3n) is 1.38. The number of pyridine rings is 1. The van der Waals surface area contributed by atoms with E-state index in [0.29, 0.717) is 12.7 Å². The average Bonchev–Trinajstić information content (AvgIpc) is 2.16. The minimum atomic E-state index is 0. The van der Waals surface area contributed by atoms with Crippen molar-refractivity contribution < 1.29 is 34.7 Å². The summed E-state index contributed by atoms with van der Waals surface area (Å²) in [7, 11) is 0. The summed E-state index contributed by atoms with van der Waals surface area (Å²) in [4.78, 5) is 3.98. The molecule has 0 aromatic carbocycles. The first kappa shape index (κ1) is 12.2. The molecule has 13 heavy (non-hydrogen) atoms. The van der Waals surface area contributed by atoms with Crippen LogP contribution in [0.25, 0.3) is 0 Å². The minimum Gasteiger partial charge on any atom is -0.877 e. The quantitative estimate of drug-likeness (QED) is 0.286. The van der Waals surface area contributed by atoms with Gasteiger partial charge in [-0.05, 0) is 12.1 Å². The van der Waals surface area contributed by atoms with Crippen molar-refractivity contribution in [3.8, 4) is 6.07 Å². The molecule has 0 aliphatic heterocycles. The van der Waals surface area contributed by atoms with Gasteiger partial charge in [-0.1, -0.05) is 6.07 Å². The molecular weight excluding hydrogens is 175 g/mol. The maximum atomic E-state index is 10.3. The van der Waals surface area contributed by atoms with Gasteiger partial charge in [0, 0.05) is 23.9 Å². The standard InChI is InChI=1S/C9H8N2O.Na/c10-6-8(7-12)5-9-3-1-2-4-11-9;/h1-4,7,12H,5H2;/q;+1/p-1/b8-7-;. The molecule has 0 N–H and O–H groups in total. The fraction of sp³-hybridized carbons (Fsp3) is 0.111. The minimum absolute atomic E-state index is 0. The summed E-state index contributed by atoms with van der Waals surface area (Å²) in [6, 6.07) is 7.20. The molecular formula is C9H7N2NaO. The summed E-state index contributed by atoms with van der Waals surface area (Å²) in [5.41, 5.74) is 0.940. The molecule has 0 amide bonds. The summed E-state index contributed by atoms with van der Waals surface area (Å²) < 4.78 is 0. The summed E-state index contributed by atoms with van der Waals surface area (Å²) in [6.45, 7) is 0. The van der Waals surface area contributed by atoms with Crippen LogP contribution in [-0.4, -0.2) is 4.98 Å². The zero-order chi connectivity index (χ0) is 8.81. The van der Waals surface area contributed by atoms with Crippen LogP contribution in [0.3, 0.4) is 0 Å². The van der Waals surface area contributed by atoms with E-state index in [0.717, 1.165) is 5.69 Å². The Morgan fingerprint density at radius 2 is 2.38 bits per heavy atom. The van der Waals surface area contributed by atoms with Crippen molar-refractivity contribution in [1.82, 2.24) is 4.98 Å². The molecule has 0 aliphatic carbocycles. The fourth-order valence-electron chi connectivity index (χ4n) is 0.805. The molecule has 0 saturated heterocycles. The number of aromatic nitrogens is 1. The van der Waals surface area contributed by atoms with E-state index in [9.17, 15) is 5.11 Å². The van der Waals surface area contributed by atoms with Crippen molar-refractivity contribution in [3.05, 3.63) is 41.9 Å². The molecule has 60 valence electrons. The number of hydrogen-bond donors (Lipinski definition) is 0. The SMILES string of the molecule is N#C/C(=C\[O-])Cc1ccccn1.[Na+]. The number of rotatable bonds is 2. The van der Waals surface area contributed by atoms with E-state index in [1.54, 1.807) is 18.3 Å². The zero-order valence-electron chi connectivity index (χ0n) is 7.40. The first-order chi connectivity index (χ1) is 5.86. The molecule has 4 heteroatoms. The molecule has 0 radical (unpaired) electrons. The molecule has 0 aliphatic rings. The molecule has 0 spiro atoms. The normalized spacial score (nSPS) is 9.92. The van der Waals surface area contributed by atoms with Gasteiger partial charge in [0.2, 0.25) is 0 Å². The topological polar surface area (TPSA) is 59.7 Å². The van der Waals surface area contributed by atoms with Crippen LogP contribution in [0.15, 0.2) is 36.2 Å². The molecule has 0 fully saturated rings. The van der Waals surface area contributed by atoms with Crippen molar-refractivity contribution >= 4 is 0 Å². The Bertz CT molecular complexity index is 316. The summed E-state index contributed by atoms with van der Waals surface area (Å²) >= 11 is 0. The summed E-state index contributed by atoms with van der Waals surface area (Å²) in [5, 5.41) is 18.7. The predicted molar refractivity (Wildman–Crippen MR) is 41.6 cm³/mol. The molecule has 1 heterocycles. The predicted octanol–water partition coefficient (Wildman–Crippen LogP) is -2.60. The van der Waals surface area contributed by atoms with Crippen LogP contribution in [0, 0.1) is 11.3 Å². The largest absolute Gasteiger partial charge is 1.00 e. The van der Waals surface area contributed by atoms with Crippen molar-refractivity contribution in [2.45, 2.75) is 6.42 Å². The van der Waals surface area contributed by atoms with Crippen LogP contribution in [0.2, 0.25) is 0 Å². The number of nitrogens with zero attached hydrogens (tertiary/aromatic N) is 2. The van der Waals surface area contributed by atoms with E-state index in [1.165, 1.54) is 0 Å². The average molecular weight is 182 g/mol. The van der Waals surface area contributed by atoms with Gasteiger partial charge in [-0.2, -0.15) is 5.26 Å². The Morgan fingerprint density at radius 3 is 2.85 bits per heavy atom. The Labute approximate surface area is 99.0 Å². The van der Waals surface area contributed by atoms with E-state index in [2.05, 4.69) is 4.98 Å². The monoisotopic (exact) mass is 182 g/mol. The van der Waals surface area contributed by atoms with Crippen LogP contribution >= 0.6 is 0 Å². The summed E-state index contributed by atoms with van der Waals surface area (Å²) in [5.74, 6) is 0. The van der Waals surface area contributed by atoms with Crippen molar-refractivity contribution in [2.75, 3.05) is 0 Å². The van der Waals surface area contributed by atoms with Crippen molar-refractivity contribution in [1.29, 1.82) is 5.26 Å². The van der Waals surface area contributed by atoms with Crippen molar-refractivity contribution in [2.24, 2.45) is 0 Å². The van der Waals surface area contributed by atoms with Gasteiger partial charge in [0.25, 0.3) is 0 Å². The third kappa shape index (κ3) is 4.09. The van der Waals surface area contributed by atoms with E-state index >= 15 is 0 Å². The van der Waals surface area contributed by atoms with Crippen LogP contribution in [-0.2, 0) is 6.42 Å². The van der Waals surface area contributed by atoms with Crippen LogP contribution in [0.1, 0.15) is 5.69 Å². The molecule has 0 atom stereocenters. The van der Waals surface area contributed by atoms with E-state index in [1.807, 2.05) is 12.1 Å². The second kappa shape index (κ2) is 6.67. The smallest absolute Gasteiger partial charge is 0.877 e. The Hall–Kier alpha value is -0.820. The molecule has 1 rings (SSSR count). The van der Waals surface area contributed by atoms with Crippen LogP contribution in [0.5, 0.6) is 0 Å². The molecule has 1 aromatic rings.